The number of hydrogen-bond acceptors (Lipinski definition) is 1. The van der Waals surface area contributed by atoms with Crippen LogP contribution in [0.5, 0.6) is 0 Å². The third kappa shape index (κ3) is 0.941. The minimum absolute atomic E-state index is 0.0741. The number of H-pyrrole nitrogens is 1. The van der Waals surface area contributed by atoms with Gasteiger partial charge >= 0.3 is 0 Å². The zero-order valence-electron chi connectivity index (χ0n) is 5.23. The fourth-order valence-corrected chi connectivity index (χ4v) is 0.951. The lowest BCUT2D eigenvalue weighted by Crippen LogP contribution is -2.01. The number of nitrogens with one attached hydrogen (secondary N) is 1. The van der Waals surface area contributed by atoms with Crippen molar-refractivity contribution in [2.24, 2.45) is 7.05 Å². The van der Waals surface area contributed by atoms with Crippen LogP contribution in [0.2, 0.25) is 0 Å². The van der Waals surface area contributed by atoms with Crippen LogP contribution in [0, 0.1) is 6.92 Å². The van der Waals surface area contributed by atoms with Crippen LogP contribution in [0.25, 0.3) is 0 Å². The topological polar surface area (TPSA) is 37.8 Å². The van der Waals surface area contributed by atoms with Gasteiger partial charge in [-0.1, -0.05) is 0 Å². The predicted octanol–water partition coefficient (Wildman–Crippen LogP) is 0.784. The Balaban J connectivity index is 3.47. The number of rotatable bonds is 0. The zero-order chi connectivity index (χ0) is 7.02. The lowest BCUT2D eigenvalue weighted by atomic mass is 10.5. The molecule has 1 N–H and O–H groups in total. The maximum atomic E-state index is 10.7. The Bertz CT molecular complexity index is 273. The summed E-state index contributed by atoms with van der Waals surface area (Å²) in [6.07, 6.45) is 0. The molecule has 0 aliphatic heterocycles. The first-order valence-corrected chi connectivity index (χ1v) is 3.33. The average Bonchev–Trinajstić information content (AvgIpc) is 1.98. The first-order valence-electron chi connectivity index (χ1n) is 2.54. The van der Waals surface area contributed by atoms with E-state index in [1.165, 1.54) is 0 Å². The van der Waals surface area contributed by atoms with Crippen molar-refractivity contribution >= 4 is 15.9 Å². The van der Waals surface area contributed by atoms with Crippen molar-refractivity contribution in [1.82, 2.24) is 9.78 Å². The lowest BCUT2D eigenvalue weighted by molar-refractivity contribution is 0.731. The number of halogens is 1. The predicted molar refractivity (Wildman–Crippen MR) is 38.5 cm³/mol. The van der Waals surface area contributed by atoms with E-state index >= 15 is 0 Å². The largest absolute Gasteiger partial charge is 0.291 e. The molecular weight excluding hydrogens is 184 g/mol. The quantitative estimate of drug-likeness (QED) is 0.646. The van der Waals surface area contributed by atoms with Crippen LogP contribution in [0.15, 0.2) is 9.27 Å². The number of hydrogen-bond donors (Lipinski definition) is 1. The van der Waals surface area contributed by atoms with Crippen molar-refractivity contribution in [3.05, 3.63) is 20.5 Å². The molecule has 0 saturated carbocycles. The molecule has 0 aromatic carbocycles. The van der Waals surface area contributed by atoms with Crippen molar-refractivity contribution in [3.63, 3.8) is 0 Å². The number of aryl methyl sites for hydroxylation is 1. The van der Waals surface area contributed by atoms with E-state index in [1.54, 1.807) is 11.7 Å². The highest BCUT2D eigenvalue weighted by Gasteiger charge is 2.02. The van der Waals surface area contributed by atoms with Crippen LogP contribution >= 0.6 is 15.9 Å². The molecule has 0 bridgehead atoms. The lowest BCUT2D eigenvalue weighted by Gasteiger charge is -1.90. The van der Waals surface area contributed by atoms with Gasteiger partial charge in [0.2, 0.25) is 0 Å². The Kier molecular flexibility index (Phi) is 1.48. The van der Waals surface area contributed by atoms with Crippen molar-refractivity contribution in [2.45, 2.75) is 6.92 Å². The van der Waals surface area contributed by atoms with Gasteiger partial charge in [0.05, 0.1) is 5.69 Å². The Morgan fingerprint density at radius 2 is 2.22 bits per heavy atom. The molecule has 0 amide bonds. The third-order valence-corrected chi connectivity index (χ3v) is 2.22. The van der Waals surface area contributed by atoms with Gasteiger partial charge in [0, 0.05) is 7.05 Å². The summed E-state index contributed by atoms with van der Waals surface area (Å²) in [6, 6.07) is 0. The van der Waals surface area contributed by atoms with Gasteiger partial charge in [0.1, 0.15) is 4.47 Å². The molecule has 4 heteroatoms. The normalized spacial score (nSPS) is 10.1. The highest BCUT2D eigenvalue weighted by molar-refractivity contribution is 9.10. The Morgan fingerprint density at radius 1 is 1.67 bits per heavy atom. The summed E-state index contributed by atoms with van der Waals surface area (Å²) in [5.74, 6) is 0. The second-order valence-electron chi connectivity index (χ2n) is 1.90. The van der Waals surface area contributed by atoms with Crippen molar-refractivity contribution in [3.8, 4) is 0 Å². The van der Waals surface area contributed by atoms with E-state index in [4.69, 9.17) is 0 Å². The zero-order valence-corrected chi connectivity index (χ0v) is 6.82. The molecule has 9 heavy (non-hydrogen) atoms. The molecule has 0 saturated heterocycles. The first kappa shape index (κ1) is 6.61. The van der Waals surface area contributed by atoms with E-state index in [9.17, 15) is 4.79 Å². The molecule has 1 rings (SSSR count). The number of nitrogens with zero attached hydrogens (tertiary/aromatic N) is 1. The maximum Gasteiger partial charge on any atom is 0.278 e. The monoisotopic (exact) mass is 190 g/mol. The molecule has 0 aliphatic carbocycles. The van der Waals surface area contributed by atoms with Gasteiger partial charge in [-0.15, -0.1) is 0 Å². The Hall–Kier alpha value is -0.510. The van der Waals surface area contributed by atoms with Gasteiger partial charge in [-0.25, -0.2) is 0 Å². The molecule has 1 aromatic rings. The summed E-state index contributed by atoms with van der Waals surface area (Å²) in [5, 5.41) is 2.59. The van der Waals surface area contributed by atoms with Gasteiger partial charge in [0.25, 0.3) is 5.56 Å². The third-order valence-electron chi connectivity index (χ3n) is 1.29. The molecule has 1 aromatic heterocycles. The highest BCUT2D eigenvalue weighted by atomic mass is 79.9. The van der Waals surface area contributed by atoms with Crippen molar-refractivity contribution in [1.29, 1.82) is 0 Å². The van der Waals surface area contributed by atoms with E-state index in [0.717, 1.165) is 5.69 Å². The van der Waals surface area contributed by atoms with Crippen LogP contribution < -0.4 is 5.56 Å². The highest BCUT2D eigenvalue weighted by Crippen LogP contribution is 2.06. The molecule has 3 nitrogen and oxygen atoms in total. The van der Waals surface area contributed by atoms with E-state index in [0.29, 0.717) is 4.47 Å². The summed E-state index contributed by atoms with van der Waals surface area (Å²) in [4.78, 5) is 10.7. The van der Waals surface area contributed by atoms with E-state index in [2.05, 4.69) is 21.0 Å². The molecule has 1 heterocycles. The second kappa shape index (κ2) is 2.02. The van der Waals surface area contributed by atoms with Gasteiger partial charge in [-0.3, -0.25) is 14.6 Å². The molecule has 50 valence electrons. The van der Waals surface area contributed by atoms with Gasteiger partial charge in [-0.2, -0.15) is 0 Å². The molecule has 0 unspecified atom stereocenters. The Labute approximate surface area is 60.8 Å². The fourth-order valence-electron chi connectivity index (χ4n) is 0.597. The Morgan fingerprint density at radius 3 is 2.33 bits per heavy atom. The van der Waals surface area contributed by atoms with E-state index in [1.807, 2.05) is 6.92 Å². The van der Waals surface area contributed by atoms with Crippen LogP contribution in [-0.2, 0) is 7.05 Å². The summed E-state index contributed by atoms with van der Waals surface area (Å²) < 4.78 is 2.29. The number of aromatic amines is 1. The van der Waals surface area contributed by atoms with E-state index in [-0.39, 0.29) is 5.56 Å². The van der Waals surface area contributed by atoms with E-state index < -0.39 is 0 Å². The molecular formula is C5H7BrN2O. The molecule has 0 radical (unpaired) electrons. The smallest absolute Gasteiger partial charge is 0.278 e. The number of aromatic nitrogens is 2. The maximum absolute atomic E-state index is 10.7. The molecule has 0 atom stereocenters. The molecule has 0 spiro atoms. The van der Waals surface area contributed by atoms with Gasteiger partial charge < -0.3 is 0 Å². The van der Waals surface area contributed by atoms with Crippen LogP contribution in [0.3, 0.4) is 0 Å². The summed E-state index contributed by atoms with van der Waals surface area (Å²) in [7, 11) is 1.79. The van der Waals surface area contributed by atoms with Gasteiger partial charge in [0.15, 0.2) is 0 Å². The summed E-state index contributed by atoms with van der Waals surface area (Å²) >= 11 is 3.14. The van der Waals surface area contributed by atoms with Crippen LogP contribution in [0.4, 0.5) is 0 Å². The fraction of sp³-hybridized carbons (Fsp3) is 0.400. The minimum atomic E-state index is -0.0741. The van der Waals surface area contributed by atoms with Crippen LogP contribution in [0.1, 0.15) is 5.69 Å². The molecule has 0 fully saturated rings. The minimum Gasteiger partial charge on any atom is -0.291 e. The van der Waals surface area contributed by atoms with Crippen molar-refractivity contribution in [2.75, 3.05) is 0 Å². The van der Waals surface area contributed by atoms with Crippen molar-refractivity contribution < 1.29 is 0 Å². The van der Waals surface area contributed by atoms with Crippen LogP contribution in [-0.4, -0.2) is 9.78 Å². The standard InChI is InChI=1S/C5H7BrN2O/c1-3-4(6)5(9)7-8(3)2/h1-2H3,(H,7,9). The SMILES string of the molecule is Cc1c(Br)c(=O)[nH]n1C. The second-order valence-corrected chi connectivity index (χ2v) is 2.69. The van der Waals surface area contributed by atoms with Gasteiger partial charge in [-0.05, 0) is 22.9 Å². The average molecular weight is 191 g/mol. The first-order chi connectivity index (χ1) is 4.13. The summed E-state index contributed by atoms with van der Waals surface area (Å²) in [5.41, 5.74) is 0.843. The molecule has 0 aliphatic rings. The summed E-state index contributed by atoms with van der Waals surface area (Å²) in [6.45, 7) is 1.86.